The topological polar surface area (TPSA) is 55.9 Å². The highest BCUT2D eigenvalue weighted by molar-refractivity contribution is 7.80. The predicted molar refractivity (Wildman–Crippen MR) is 84.9 cm³/mol. The van der Waals surface area contributed by atoms with Gasteiger partial charge in [0.05, 0.1) is 17.8 Å². The van der Waals surface area contributed by atoms with Crippen LogP contribution in [0.3, 0.4) is 0 Å². The number of hydrogen-bond donors (Lipinski definition) is 2. The molecule has 0 aliphatic heterocycles. The van der Waals surface area contributed by atoms with Crippen molar-refractivity contribution in [1.29, 1.82) is 0 Å². The van der Waals surface area contributed by atoms with Gasteiger partial charge in [0, 0.05) is 16.8 Å². The second-order valence-corrected chi connectivity index (χ2v) is 6.06. The van der Waals surface area contributed by atoms with E-state index in [4.69, 9.17) is 18.0 Å². The molecule has 19 heavy (non-hydrogen) atoms. The van der Waals surface area contributed by atoms with Gasteiger partial charge in [-0.25, -0.2) is 0 Å². The Morgan fingerprint density at radius 2 is 2.16 bits per heavy atom. The molecule has 0 atom stereocenters. The van der Waals surface area contributed by atoms with Crippen LogP contribution in [0.15, 0.2) is 12.1 Å². The largest absolute Gasteiger partial charge is 0.389 e. The summed E-state index contributed by atoms with van der Waals surface area (Å²) < 4.78 is 1.79. The molecule has 0 saturated carbocycles. The van der Waals surface area contributed by atoms with Crippen LogP contribution in [0.25, 0.3) is 0 Å². The van der Waals surface area contributed by atoms with Crippen LogP contribution in [0.5, 0.6) is 0 Å². The van der Waals surface area contributed by atoms with Crippen molar-refractivity contribution >= 4 is 34.4 Å². The van der Waals surface area contributed by atoms with E-state index in [9.17, 15) is 0 Å². The van der Waals surface area contributed by atoms with Gasteiger partial charge in [0.15, 0.2) is 0 Å². The quantitative estimate of drug-likeness (QED) is 0.832. The maximum absolute atomic E-state index is 5.76. The highest BCUT2D eigenvalue weighted by Crippen LogP contribution is 2.22. The Labute approximate surface area is 122 Å². The Hall–Kier alpha value is -1.40. The van der Waals surface area contributed by atoms with Crippen LogP contribution >= 0.6 is 23.6 Å². The Morgan fingerprint density at radius 3 is 2.74 bits per heavy atom. The molecule has 102 valence electrons. The molecule has 6 heteroatoms. The van der Waals surface area contributed by atoms with Crippen molar-refractivity contribution < 1.29 is 0 Å². The van der Waals surface area contributed by atoms with Gasteiger partial charge in [-0.1, -0.05) is 19.1 Å². The van der Waals surface area contributed by atoms with Gasteiger partial charge >= 0.3 is 0 Å². The lowest BCUT2D eigenvalue weighted by Gasteiger charge is -2.08. The molecule has 4 nitrogen and oxygen atoms in total. The van der Waals surface area contributed by atoms with E-state index in [1.54, 1.807) is 4.68 Å². The molecule has 0 amide bonds. The average molecular weight is 294 g/mol. The van der Waals surface area contributed by atoms with Crippen molar-refractivity contribution in [1.82, 2.24) is 9.78 Å². The highest BCUT2D eigenvalue weighted by Gasteiger charge is 2.15. The molecule has 3 N–H and O–H groups in total. The Balaban J connectivity index is 2.17. The summed E-state index contributed by atoms with van der Waals surface area (Å²) >= 11 is 6.91. The predicted octanol–water partition coefficient (Wildman–Crippen LogP) is 2.60. The van der Waals surface area contributed by atoms with E-state index in [1.807, 2.05) is 25.3 Å². The van der Waals surface area contributed by atoms with E-state index in [-0.39, 0.29) is 0 Å². The fraction of sp³-hybridized carbons (Fsp3) is 0.385. The zero-order valence-electron chi connectivity index (χ0n) is 11.4. The number of aromatic nitrogens is 2. The lowest BCUT2D eigenvalue weighted by Crippen LogP contribution is -2.14. The van der Waals surface area contributed by atoms with Gasteiger partial charge in [-0.2, -0.15) is 5.10 Å². The molecule has 2 aromatic rings. The van der Waals surface area contributed by atoms with Crippen molar-refractivity contribution in [3.8, 4) is 0 Å². The summed E-state index contributed by atoms with van der Waals surface area (Å²) in [5, 5.41) is 7.74. The van der Waals surface area contributed by atoms with Gasteiger partial charge < -0.3 is 11.1 Å². The van der Waals surface area contributed by atoms with Gasteiger partial charge in [-0.3, -0.25) is 4.68 Å². The summed E-state index contributed by atoms with van der Waals surface area (Å²) in [7, 11) is 1.89. The van der Waals surface area contributed by atoms with Crippen LogP contribution < -0.4 is 11.1 Å². The van der Waals surface area contributed by atoms with Gasteiger partial charge in [0.25, 0.3) is 0 Å². The monoisotopic (exact) mass is 294 g/mol. The molecule has 0 radical (unpaired) electrons. The van der Waals surface area contributed by atoms with Gasteiger partial charge in [0.1, 0.15) is 10.8 Å². The Kier molecular flexibility index (Phi) is 4.21. The molecule has 2 aromatic heterocycles. The molecule has 0 fully saturated rings. The Bertz CT molecular complexity index is 598. The van der Waals surface area contributed by atoms with E-state index in [0.717, 1.165) is 30.0 Å². The Morgan fingerprint density at radius 1 is 1.47 bits per heavy atom. The fourth-order valence-electron chi connectivity index (χ4n) is 2.03. The summed E-state index contributed by atoms with van der Waals surface area (Å²) in [4.78, 5) is 3.07. The van der Waals surface area contributed by atoms with Gasteiger partial charge in [0.2, 0.25) is 0 Å². The highest BCUT2D eigenvalue weighted by atomic mass is 32.1. The normalized spacial score (nSPS) is 10.7. The molecule has 0 aromatic carbocycles. The zero-order chi connectivity index (χ0) is 14.0. The summed E-state index contributed by atoms with van der Waals surface area (Å²) in [6, 6.07) is 4.32. The maximum Gasteiger partial charge on any atom is 0.134 e. The second kappa shape index (κ2) is 5.71. The minimum atomic E-state index is 0.383. The van der Waals surface area contributed by atoms with Gasteiger partial charge in [-0.15, -0.1) is 11.3 Å². The molecule has 0 spiro atoms. The minimum absolute atomic E-state index is 0.383. The smallest absolute Gasteiger partial charge is 0.134 e. The standard InChI is InChI=1S/C13H18N4S2/c1-4-9-5-6-10(19-9)7-15-13-11(12(14)18)8(2)16-17(13)3/h5-6,15H,4,7H2,1-3H3,(H2,14,18). The van der Waals surface area contributed by atoms with Crippen LogP contribution in [-0.4, -0.2) is 14.8 Å². The van der Waals surface area contributed by atoms with Crippen LogP contribution in [0.2, 0.25) is 0 Å². The first kappa shape index (κ1) is 14.0. The third kappa shape index (κ3) is 2.96. The maximum atomic E-state index is 5.76. The molecular weight excluding hydrogens is 276 g/mol. The molecule has 2 heterocycles. The van der Waals surface area contributed by atoms with Crippen molar-refractivity contribution in [3.63, 3.8) is 0 Å². The summed E-state index contributed by atoms with van der Waals surface area (Å²) in [5.74, 6) is 0.886. The molecule has 0 unspecified atom stereocenters. The average Bonchev–Trinajstić information content (AvgIpc) is 2.90. The van der Waals surface area contributed by atoms with Gasteiger partial charge in [-0.05, 0) is 25.5 Å². The number of anilines is 1. The summed E-state index contributed by atoms with van der Waals surface area (Å²) in [6.07, 6.45) is 1.08. The van der Waals surface area contributed by atoms with Crippen LogP contribution in [0, 0.1) is 6.92 Å². The number of thiocarbonyl (C=S) groups is 1. The molecular formula is C13H18N4S2. The molecule has 0 aliphatic carbocycles. The second-order valence-electron chi connectivity index (χ2n) is 4.37. The lowest BCUT2D eigenvalue weighted by atomic mass is 10.2. The van der Waals surface area contributed by atoms with Crippen LogP contribution in [0.1, 0.15) is 27.9 Å². The molecule has 0 saturated heterocycles. The number of aryl methyl sites for hydroxylation is 3. The fourth-order valence-corrected chi connectivity index (χ4v) is 3.18. The first-order chi connectivity index (χ1) is 9.02. The number of nitrogens with zero attached hydrogens (tertiary/aromatic N) is 2. The van der Waals surface area contributed by atoms with E-state index in [1.165, 1.54) is 9.75 Å². The first-order valence-corrected chi connectivity index (χ1v) is 7.40. The number of rotatable bonds is 5. The van der Waals surface area contributed by atoms with E-state index >= 15 is 0 Å². The number of hydrogen-bond acceptors (Lipinski definition) is 4. The van der Waals surface area contributed by atoms with Crippen LogP contribution in [-0.2, 0) is 20.0 Å². The van der Waals surface area contributed by atoms with Crippen LogP contribution in [0.4, 0.5) is 5.82 Å². The third-order valence-electron chi connectivity index (χ3n) is 2.96. The molecule has 2 rings (SSSR count). The minimum Gasteiger partial charge on any atom is -0.389 e. The first-order valence-electron chi connectivity index (χ1n) is 6.17. The number of thiophene rings is 1. The number of nitrogens with one attached hydrogen (secondary N) is 1. The van der Waals surface area contributed by atoms with Crippen molar-refractivity contribution in [2.45, 2.75) is 26.8 Å². The zero-order valence-corrected chi connectivity index (χ0v) is 13.0. The lowest BCUT2D eigenvalue weighted by molar-refractivity contribution is 0.758. The summed E-state index contributed by atoms with van der Waals surface area (Å²) in [5.41, 5.74) is 7.46. The van der Waals surface area contributed by atoms with E-state index < -0.39 is 0 Å². The molecule has 0 aliphatic rings. The van der Waals surface area contributed by atoms with Crippen molar-refractivity contribution in [2.75, 3.05) is 5.32 Å². The van der Waals surface area contributed by atoms with E-state index in [0.29, 0.717) is 4.99 Å². The third-order valence-corrected chi connectivity index (χ3v) is 4.40. The summed E-state index contributed by atoms with van der Waals surface area (Å²) in [6.45, 7) is 4.84. The van der Waals surface area contributed by atoms with Crippen molar-refractivity contribution in [3.05, 3.63) is 33.1 Å². The SMILES string of the molecule is CCc1ccc(CNc2c(C(N)=S)c(C)nn2C)s1. The molecule has 0 bridgehead atoms. The van der Waals surface area contributed by atoms with Crippen molar-refractivity contribution in [2.24, 2.45) is 12.8 Å². The number of nitrogens with two attached hydrogens (primary N) is 1. The van der Waals surface area contributed by atoms with E-state index in [2.05, 4.69) is 29.5 Å².